The number of fused-ring (bicyclic) bond motifs is 2. The molecule has 0 saturated carbocycles. The Labute approximate surface area is 203 Å². The summed E-state index contributed by atoms with van der Waals surface area (Å²) in [7, 11) is -1.09. The van der Waals surface area contributed by atoms with Crippen molar-refractivity contribution in [2.24, 2.45) is 0 Å². The fraction of sp³-hybridized carbons (Fsp3) is 0.310. The highest BCUT2D eigenvalue weighted by Gasteiger charge is 2.45. The molecule has 4 aromatic rings. The van der Waals surface area contributed by atoms with Crippen LogP contribution in [-0.2, 0) is 30.3 Å². The molecule has 0 saturated heterocycles. The van der Waals surface area contributed by atoms with Crippen molar-refractivity contribution in [1.29, 1.82) is 0 Å². The van der Waals surface area contributed by atoms with Crippen LogP contribution in [0.1, 0.15) is 22.3 Å². The zero-order valence-corrected chi connectivity index (χ0v) is 21.4. The Morgan fingerprint density at radius 2 is 1.71 bits per heavy atom. The molecule has 2 heterocycles. The minimum atomic E-state index is -1.17. The molecule has 1 atom stereocenters. The van der Waals surface area contributed by atoms with Gasteiger partial charge in [0, 0.05) is 56.0 Å². The van der Waals surface area contributed by atoms with Crippen LogP contribution in [0.25, 0.3) is 10.9 Å². The van der Waals surface area contributed by atoms with Crippen LogP contribution in [-0.4, -0.2) is 29.3 Å². The standard InChI is InChI=1S/C29H34N2O2Si/c1-34(2,3)18-17-33-22-30-16-15-24-19-26(13-14-28(24)30)29(32)27-12-8-7-11-25(27)21-31(29)20-23-9-5-4-6-10-23/h4-16,19,32H,17-18,20-22H2,1-3H3. The summed E-state index contributed by atoms with van der Waals surface area (Å²) < 4.78 is 8.13. The summed E-state index contributed by atoms with van der Waals surface area (Å²) in [6.45, 7) is 9.86. The number of aliphatic hydroxyl groups is 1. The third-order valence-electron chi connectivity index (χ3n) is 6.83. The summed E-state index contributed by atoms with van der Waals surface area (Å²) >= 11 is 0. The first-order chi connectivity index (χ1) is 16.3. The highest BCUT2D eigenvalue weighted by Crippen LogP contribution is 2.43. The number of hydrogen-bond donors (Lipinski definition) is 1. The van der Waals surface area contributed by atoms with E-state index in [1.165, 1.54) is 17.2 Å². The van der Waals surface area contributed by atoms with Crippen LogP contribution in [0, 0.1) is 0 Å². The topological polar surface area (TPSA) is 37.6 Å². The van der Waals surface area contributed by atoms with Crippen LogP contribution >= 0.6 is 0 Å². The van der Waals surface area contributed by atoms with Gasteiger partial charge in [-0.1, -0.05) is 80.3 Å². The summed E-state index contributed by atoms with van der Waals surface area (Å²) in [6, 6.07) is 28.2. The molecule has 5 rings (SSSR count). The third kappa shape index (κ3) is 4.49. The SMILES string of the molecule is C[Si](C)(C)CCOCn1ccc2cc(C3(O)c4ccccc4CN3Cc3ccccc3)ccc21. The molecule has 3 aromatic carbocycles. The van der Waals surface area contributed by atoms with Crippen molar-refractivity contribution in [1.82, 2.24) is 9.47 Å². The molecule has 1 aliphatic heterocycles. The van der Waals surface area contributed by atoms with E-state index < -0.39 is 13.8 Å². The Morgan fingerprint density at radius 1 is 0.941 bits per heavy atom. The van der Waals surface area contributed by atoms with Gasteiger partial charge in [0.1, 0.15) is 6.73 Å². The average Bonchev–Trinajstić information content (AvgIpc) is 3.36. The molecule has 0 radical (unpaired) electrons. The molecule has 0 bridgehead atoms. The molecule has 1 unspecified atom stereocenters. The molecule has 0 amide bonds. The van der Waals surface area contributed by atoms with E-state index in [9.17, 15) is 5.11 Å². The Kier molecular flexibility index (Phi) is 6.21. The van der Waals surface area contributed by atoms with E-state index in [-0.39, 0.29) is 0 Å². The number of benzene rings is 3. The van der Waals surface area contributed by atoms with Crippen molar-refractivity contribution in [3.05, 3.63) is 107 Å². The van der Waals surface area contributed by atoms with Gasteiger partial charge in [-0.15, -0.1) is 0 Å². The summed E-state index contributed by atoms with van der Waals surface area (Å²) in [5.74, 6) is 0. The van der Waals surface area contributed by atoms with Gasteiger partial charge in [-0.25, -0.2) is 0 Å². The van der Waals surface area contributed by atoms with Crippen LogP contribution < -0.4 is 0 Å². The van der Waals surface area contributed by atoms with Crippen molar-refractivity contribution < 1.29 is 9.84 Å². The van der Waals surface area contributed by atoms with Gasteiger partial charge in [0.25, 0.3) is 0 Å². The van der Waals surface area contributed by atoms with Crippen molar-refractivity contribution >= 4 is 19.0 Å². The summed E-state index contributed by atoms with van der Waals surface area (Å²) in [5, 5.41) is 13.4. The van der Waals surface area contributed by atoms with Crippen LogP contribution in [0.4, 0.5) is 0 Å². The third-order valence-corrected chi connectivity index (χ3v) is 8.53. The molecule has 1 N–H and O–H groups in total. The van der Waals surface area contributed by atoms with E-state index in [0.717, 1.165) is 28.6 Å². The van der Waals surface area contributed by atoms with Crippen molar-refractivity contribution in [3.8, 4) is 0 Å². The number of aromatic nitrogens is 1. The lowest BCUT2D eigenvalue weighted by Crippen LogP contribution is -2.41. The second-order valence-electron chi connectivity index (χ2n) is 10.6. The Balaban J connectivity index is 1.44. The van der Waals surface area contributed by atoms with E-state index >= 15 is 0 Å². The Bertz CT molecular complexity index is 1280. The lowest BCUT2D eigenvalue weighted by atomic mass is 9.93. The van der Waals surface area contributed by atoms with Crippen molar-refractivity contribution in [2.75, 3.05) is 6.61 Å². The fourth-order valence-electron chi connectivity index (χ4n) is 4.87. The van der Waals surface area contributed by atoms with Gasteiger partial charge in [0.2, 0.25) is 0 Å². The van der Waals surface area contributed by atoms with Gasteiger partial charge in [0.05, 0.1) is 0 Å². The van der Waals surface area contributed by atoms with E-state index in [1.54, 1.807) is 0 Å². The second kappa shape index (κ2) is 9.15. The molecule has 4 nitrogen and oxygen atoms in total. The smallest absolute Gasteiger partial charge is 0.172 e. The minimum absolute atomic E-state index is 0.556. The lowest BCUT2D eigenvalue weighted by molar-refractivity contribution is -0.0753. The van der Waals surface area contributed by atoms with Crippen LogP contribution in [0.5, 0.6) is 0 Å². The Morgan fingerprint density at radius 3 is 2.50 bits per heavy atom. The first kappa shape index (κ1) is 23.1. The van der Waals surface area contributed by atoms with Crippen molar-refractivity contribution in [3.63, 3.8) is 0 Å². The first-order valence-corrected chi connectivity index (χ1v) is 15.8. The Hall–Kier alpha value is -2.70. The summed E-state index contributed by atoms with van der Waals surface area (Å²) in [4.78, 5) is 2.17. The van der Waals surface area contributed by atoms with Crippen LogP contribution in [0.15, 0.2) is 85.1 Å². The number of hydrogen-bond acceptors (Lipinski definition) is 3. The first-order valence-electron chi connectivity index (χ1n) is 12.1. The molecular formula is C29H34N2O2Si. The maximum Gasteiger partial charge on any atom is 0.172 e. The lowest BCUT2D eigenvalue weighted by Gasteiger charge is -2.35. The quantitative estimate of drug-likeness (QED) is 0.247. The van der Waals surface area contributed by atoms with Crippen LogP contribution in [0.2, 0.25) is 25.7 Å². The normalized spacial score (nSPS) is 18.5. The highest BCUT2D eigenvalue weighted by atomic mass is 28.3. The molecule has 1 aromatic heterocycles. The average molecular weight is 471 g/mol. The van der Waals surface area contributed by atoms with E-state index in [1.807, 2.05) is 12.1 Å². The summed E-state index contributed by atoms with van der Waals surface area (Å²) in [6.07, 6.45) is 2.08. The number of nitrogens with zero attached hydrogens (tertiary/aromatic N) is 2. The van der Waals surface area contributed by atoms with E-state index in [4.69, 9.17) is 4.74 Å². The molecule has 0 fully saturated rings. The molecule has 5 heteroatoms. The molecule has 176 valence electrons. The predicted molar refractivity (Wildman–Crippen MR) is 141 cm³/mol. The molecule has 34 heavy (non-hydrogen) atoms. The largest absolute Gasteiger partial charge is 0.367 e. The zero-order chi connectivity index (χ0) is 23.8. The van der Waals surface area contributed by atoms with E-state index in [2.05, 4.69) is 102 Å². The zero-order valence-electron chi connectivity index (χ0n) is 20.4. The molecule has 0 aliphatic carbocycles. The maximum atomic E-state index is 12.2. The van der Waals surface area contributed by atoms with Crippen LogP contribution in [0.3, 0.4) is 0 Å². The summed E-state index contributed by atoms with van der Waals surface area (Å²) in [5.41, 5.74) is 4.20. The fourth-order valence-corrected chi connectivity index (χ4v) is 5.63. The predicted octanol–water partition coefficient (Wildman–Crippen LogP) is 6.16. The van der Waals surface area contributed by atoms with Gasteiger partial charge in [-0.2, -0.15) is 0 Å². The molecular weight excluding hydrogens is 436 g/mol. The van der Waals surface area contributed by atoms with Gasteiger partial charge >= 0.3 is 0 Å². The van der Waals surface area contributed by atoms with Gasteiger partial charge in [0.15, 0.2) is 5.72 Å². The number of ether oxygens (including phenoxy) is 1. The highest BCUT2D eigenvalue weighted by molar-refractivity contribution is 6.76. The van der Waals surface area contributed by atoms with Gasteiger partial charge < -0.3 is 14.4 Å². The second-order valence-corrected chi connectivity index (χ2v) is 16.2. The molecule has 1 aliphatic rings. The van der Waals surface area contributed by atoms with Crippen molar-refractivity contribution in [2.45, 2.75) is 51.2 Å². The molecule has 0 spiro atoms. The van der Waals surface area contributed by atoms with Gasteiger partial charge in [-0.3, -0.25) is 4.90 Å². The van der Waals surface area contributed by atoms with Gasteiger partial charge in [-0.05, 0) is 35.4 Å². The van der Waals surface area contributed by atoms with E-state index in [0.29, 0.717) is 19.8 Å². The minimum Gasteiger partial charge on any atom is -0.367 e. The maximum absolute atomic E-state index is 12.2. The monoisotopic (exact) mass is 470 g/mol. The number of rotatable bonds is 8.